The van der Waals surface area contributed by atoms with Gasteiger partial charge < -0.3 is 19.7 Å². The Kier molecular flexibility index (Phi) is 4.47. The molecular weight excluding hydrogens is 222 g/mol. The van der Waals surface area contributed by atoms with Crippen LogP contribution >= 0.6 is 0 Å². The molecule has 2 N–H and O–H groups in total. The van der Waals surface area contributed by atoms with Crippen LogP contribution in [0.25, 0.3) is 0 Å². The van der Waals surface area contributed by atoms with Crippen LogP contribution in [0, 0.1) is 0 Å². The number of rotatable bonds is 6. The molecule has 1 fully saturated rings. The van der Waals surface area contributed by atoms with Gasteiger partial charge in [0, 0.05) is 26.7 Å². The highest BCUT2D eigenvalue weighted by Gasteiger charge is 2.29. The Morgan fingerprint density at radius 1 is 1.47 bits per heavy atom. The van der Waals surface area contributed by atoms with E-state index in [4.69, 9.17) is 19.7 Å². The Balaban J connectivity index is 1.85. The second-order valence-corrected chi connectivity index (χ2v) is 4.20. The Hall–Kier alpha value is -0.980. The number of hydrogen-bond acceptors (Lipinski definition) is 6. The van der Waals surface area contributed by atoms with Gasteiger partial charge in [-0.2, -0.15) is 4.98 Å². The number of methoxy groups -OCH3 is 1. The van der Waals surface area contributed by atoms with E-state index in [-0.39, 0.29) is 12.2 Å². The van der Waals surface area contributed by atoms with Crippen molar-refractivity contribution in [2.45, 2.75) is 37.9 Å². The quantitative estimate of drug-likeness (QED) is 0.743. The smallest absolute Gasteiger partial charge is 0.255 e. The molecule has 0 aromatic carbocycles. The largest absolute Gasteiger partial charge is 0.385 e. The summed E-state index contributed by atoms with van der Waals surface area (Å²) in [6, 6.07) is 0. The Bertz CT molecular complexity index is 342. The zero-order valence-corrected chi connectivity index (χ0v) is 10.1. The van der Waals surface area contributed by atoms with Crippen LogP contribution in [0.2, 0.25) is 0 Å². The van der Waals surface area contributed by atoms with Crippen molar-refractivity contribution in [3.8, 4) is 0 Å². The summed E-state index contributed by atoms with van der Waals surface area (Å²) in [7, 11) is 1.68. The van der Waals surface area contributed by atoms with E-state index >= 15 is 0 Å². The standard InChI is InChI=1S/C11H19N3O3/c1-15-6-2-3-10-13-11(17-14-10)9-5-4-8(7-12)16-9/h8-9H,2-7,12H2,1H3. The molecule has 2 rings (SSSR count). The van der Waals surface area contributed by atoms with Crippen LogP contribution in [-0.4, -0.2) is 36.5 Å². The molecule has 0 bridgehead atoms. The molecule has 1 aromatic rings. The fourth-order valence-corrected chi connectivity index (χ4v) is 1.94. The van der Waals surface area contributed by atoms with Gasteiger partial charge in [-0.05, 0) is 19.3 Å². The number of nitrogens with two attached hydrogens (primary N) is 1. The van der Waals surface area contributed by atoms with Gasteiger partial charge in [0.25, 0.3) is 5.89 Å². The van der Waals surface area contributed by atoms with Crippen molar-refractivity contribution in [2.75, 3.05) is 20.3 Å². The first-order chi connectivity index (χ1) is 8.33. The van der Waals surface area contributed by atoms with Gasteiger partial charge in [0.05, 0.1) is 6.10 Å². The zero-order valence-electron chi connectivity index (χ0n) is 10.1. The molecule has 0 amide bonds. The van der Waals surface area contributed by atoms with E-state index in [0.717, 1.165) is 31.5 Å². The third kappa shape index (κ3) is 3.24. The van der Waals surface area contributed by atoms with Gasteiger partial charge in [-0.1, -0.05) is 5.16 Å². The summed E-state index contributed by atoms with van der Waals surface area (Å²) >= 11 is 0. The van der Waals surface area contributed by atoms with Crippen LogP contribution in [-0.2, 0) is 15.9 Å². The van der Waals surface area contributed by atoms with Gasteiger partial charge in [0.1, 0.15) is 6.10 Å². The van der Waals surface area contributed by atoms with Gasteiger partial charge in [-0.25, -0.2) is 0 Å². The highest BCUT2D eigenvalue weighted by molar-refractivity contribution is 4.93. The molecule has 2 unspecified atom stereocenters. The van der Waals surface area contributed by atoms with Gasteiger partial charge in [0.15, 0.2) is 5.82 Å². The van der Waals surface area contributed by atoms with E-state index in [9.17, 15) is 0 Å². The van der Waals surface area contributed by atoms with Gasteiger partial charge >= 0.3 is 0 Å². The Labute approximate surface area is 100 Å². The maximum atomic E-state index is 5.69. The molecule has 1 saturated heterocycles. The van der Waals surface area contributed by atoms with Crippen LogP contribution in [0.15, 0.2) is 4.52 Å². The highest BCUT2D eigenvalue weighted by Crippen LogP contribution is 2.31. The van der Waals surface area contributed by atoms with Crippen molar-refractivity contribution >= 4 is 0 Å². The summed E-state index contributed by atoms with van der Waals surface area (Å²) in [6.45, 7) is 1.25. The van der Waals surface area contributed by atoms with Crippen molar-refractivity contribution in [3.63, 3.8) is 0 Å². The fourth-order valence-electron chi connectivity index (χ4n) is 1.94. The molecule has 1 aliphatic rings. The first kappa shape index (κ1) is 12.5. The molecule has 96 valence electrons. The molecule has 6 heteroatoms. The van der Waals surface area contributed by atoms with Crippen LogP contribution in [0.5, 0.6) is 0 Å². The number of ether oxygens (including phenoxy) is 2. The average molecular weight is 241 g/mol. The topological polar surface area (TPSA) is 83.4 Å². The van der Waals surface area contributed by atoms with Crippen molar-refractivity contribution in [3.05, 3.63) is 11.7 Å². The van der Waals surface area contributed by atoms with E-state index < -0.39 is 0 Å². The molecule has 1 aliphatic heterocycles. The predicted octanol–water partition coefficient (Wildman–Crippen LogP) is 0.827. The maximum absolute atomic E-state index is 5.69. The van der Waals surface area contributed by atoms with E-state index in [1.54, 1.807) is 7.11 Å². The van der Waals surface area contributed by atoms with Crippen molar-refractivity contribution < 1.29 is 14.0 Å². The first-order valence-electron chi connectivity index (χ1n) is 6.00. The summed E-state index contributed by atoms with van der Waals surface area (Å²) in [5.41, 5.74) is 5.55. The molecule has 17 heavy (non-hydrogen) atoms. The lowest BCUT2D eigenvalue weighted by atomic mass is 10.2. The molecule has 0 radical (unpaired) electrons. The van der Waals surface area contributed by atoms with Crippen LogP contribution in [0.3, 0.4) is 0 Å². The molecule has 6 nitrogen and oxygen atoms in total. The Morgan fingerprint density at radius 2 is 2.35 bits per heavy atom. The molecule has 1 aromatic heterocycles. The number of nitrogens with zero attached hydrogens (tertiary/aromatic N) is 2. The third-order valence-corrected chi connectivity index (χ3v) is 2.88. The summed E-state index contributed by atoms with van der Waals surface area (Å²) in [5.74, 6) is 1.30. The molecule has 2 atom stereocenters. The van der Waals surface area contributed by atoms with E-state index in [1.807, 2.05) is 0 Å². The lowest BCUT2D eigenvalue weighted by Gasteiger charge is -2.07. The third-order valence-electron chi connectivity index (χ3n) is 2.88. The minimum absolute atomic E-state index is 0.0766. The predicted molar refractivity (Wildman–Crippen MR) is 60.4 cm³/mol. The van der Waals surface area contributed by atoms with Gasteiger partial charge in [-0.15, -0.1) is 0 Å². The summed E-state index contributed by atoms with van der Waals surface area (Å²) in [5, 5.41) is 3.93. The Morgan fingerprint density at radius 3 is 3.06 bits per heavy atom. The monoisotopic (exact) mass is 241 g/mol. The summed E-state index contributed by atoms with van der Waals surface area (Å²) < 4.78 is 15.9. The van der Waals surface area contributed by atoms with Gasteiger partial charge in [0.2, 0.25) is 0 Å². The minimum atomic E-state index is -0.0766. The van der Waals surface area contributed by atoms with Gasteiger partial charge in [-0.3, -0.25) is 0 Å². The van der Waals surface area contributed by atoms with E-state index in [0.29, 0.717) is 19.0 Å². The van der Waals surface area contributed by atoms with Crippen LogP contribution in [0.4, 0.5) is 0 Å². The lowest BCUT2D eigenvalue weighted by Crippen LogP contribution is -2.18. The van der Waals surface area contributed by atoms with Crippen LogP contribution in [0.1, 0.15) is 37.1 Å². The molecule has 0 spiro atoms. The van der Waals surface area contributed by atoms with Crippen LogP contribution < -0.4 is 5.73 Å². The second-order valence-electron chi connectivity index (χ2n) is 4.20. The van der Waals surface area contributed by atoms with E-state index in [2.05, 4.69) is 10.1 Å². The summed E-state index contributed by atoms with van der Waals surface area (Å²) in [6.07, 6.45) is 3.58. The van der Waals surface area contributed by atoms with Crippen molar-refractivity contribution in [1.82, 2.24) is 10.1 Å². The number of aromatic nitrogens is 2. The fraction of sp³-hybridized carbons (Fsp3) is 0.818. The lowest BCUT2D eigenvalue weighted by molar-refractivity contribution is 0.0307. The minimum Gasteiger partial charge on any atom is -0.385 e. The number of aryl methyl sites for hydroxylation is 1. The second kappa shape index (κ2) is 6.09. The number of hydrogen-bond donors (Lipinski definition) is 1. The SMILES string of the molecule is COCCCc1noc(C2CCC(CN)O2)n1. The summed E-state index contributed by atoms with van der Waals surface area (Å²) in [4.78, 5) is 4.33. The molecule has 0 aliphatic carbocycles. The normalized spacial score (nSPS) is 24.4. The molecular formula is C11H19N3O3. The molecule has 2 heterocycles. The van der Waals surface area contributed by atoms with Crippen molar-refractivity contribution in [2.24, 2.45) is 5.73 Å². The average Bonchev–Trinajstić information content (AvgIpc) is 2.97. The van der Waals surface area contributed by atoms with Crippen molar-refractivity contribution in [1.29, 1.82) is 0 Å². The first-order valence-corrected chi connectivity index (χ1v) is 6.00. The highest BCUT2D eigenvalue weighted by atomic mass is 16.5. The van der Waals surface area contributed by atoms with E-state index in [1.165, 1.54) is 0 Å². The molecule has 0 saturated carbocycles. The maximum Gasteiger partial charge on any atom is 0.255 e. The zero-order chi connectivity index (χ0) is 12.1.